The van der Waals surface area contributed by atoms with Gasteiger partial charge < -0.3 is 19.7 Å². The number of benzene rings is 1. The average Bonchev–Trinajstić information content (AvgIpc) is 3.21. The molecule has 37 heavy (non-hydrogen) atoms. The summed E-state index contributed by atoms with van der Waals surface area (Å²) < 4.78 is 34.7. The van der Waals surface area contributed by atoms with Crippen LogP contribution >= 0.6 is 0 Å². The van der Waals surface area contributed by atoms with Gasteiger partial charge in [0.05, 0.1) is 6.04 Å². The maximum Gasteiger partial charge on any atom is 0.388 e. The summed E-state index contributed by atoms with van der Waals surface area (Å²) in [6.07, 6.45) is 0.822. The van der Waals surface area contributed by atoms with E-state index < -0.39 is 12.6 Å². The Hall–Kier alpha value is -3.27. The van der Waals surface area contributed by atoms with Crippen LogP contribution in [0.2, 0.25) is 0 Å². The third-order valence-electron chi connectivity index (χ3n) is 5.61. The Balaban J connectivity index is 0.000000604. The van der Waals surface area contributed by atoms with E-state index >= 15 is 0 Å². The van der Waals surface area contributed by atoms with Crippen LogP contribution in [-0.4, -0.2) is 60.8 Å². The molecule has 1 aromatic carbocycles. The van der Waals surface area contributed by atoms with Gasteiger partial charge in [-0.15, -0.1) is 0 Å². The highest BCUT2D eigenvalue weighted by Gasteiger charge is 2.32. The molecule has 0 saturated carbocycles. The van der Waals surface area contributed by atoms with Crippen molar-refractivity contribution in [1.82, 2.24) is 9.88 Å². The Morgan fingerprint density at radius 2 is 1.89 bits per heavy atom. The summed E-state index contributed by atoms with van der Waals surface area (Å²) >= 11 is 0. The Morgan fingerprint density at radius 1 is 1.22 bits per heavy atom. The van der Waals surface area contributed by atoms with Gasteiger partial charge in [0.1, 0.15) is 11.3 Å². The second-order valence-electron chi connectivity index (χ2n) is 10.2. The van der Waals surface area contributed by atoms with Crippen molar-refractivity contribution in [3.05, 3.63) is 47.7 Å². The van der Waals surface area contributed by atoms with Crippen molar-refractivity contribution in [3.63, 3.8) is 0 Å². The molecule has 10 heteroatoms. The smallest absolute Gasteiger partial charge is 0.388 e. The molecular formula is C27H38F2N4O4. The van der Waals surface area contributed by atoms with Crippen LogP contribution in [0.25, 0.3) is 0 Å². The van der Waals surface area contributed by atoms with E-state index in [4.69, 9.17) is 0 Å². The van der Waals surface area contributed by atoms with Crippen molar-refractivity contribution in [2.75, 3.05) is 30.4 Å². The van der Waals surface area contributed by atoms with Gasteiger partial charge in [-0.2, -0.15) is 8.78 Å². The van der Waals surface area contributed by atoms with Crippen molar-refractivity contribution in [1.29, 1.82) is 0 Å². The lowest BCUT2D eigenvalue weighted by Gasteiger charge is -2.32. The Morgan fingerprint density at radius 3 is 2.41 bits per heavy atom. The summed E-state index contributed by atoms with van der Waals surface area (Å²) in [4.78, 5) is 30.9. The van der Waals surface area contributed by atoms with E-state index in [1.54, 1.807) is 17.9 Å². The molecule has 1 aromatic heterocycles. The van der Waals surface area contributed by atoms with Crippen molar-refractivity contribution >= 4 is 23.9 Å². The first-order chi connectivity index (χ1) is 17.3. The van der Waals surface area contributed by atoms with Crippen LogP contribution in [0.15, 0.2) is 36.4 Å². The number of likely N-dealkylation sites (tertiary alicyclic amines) is 1. The number of anilines is 2. The largest absolute Gasteiger partial charge is 0.462 e. The molecule has 2 aromatic rings. The molecule has 0 spiro atoms. The number of likely N-dealkylation sites (N-methyl/N-ethyl adjacent to an activating group) is 1. The van der Waals surface area contributed by atoms with Crippen LogP contribution in [0.1, 0.15) is 58.2 Å². The lowest BCUT2D eigenvalue weighted by atomic mass is 9.99. The lowest BCUT2D eigenvalue weighted by Crippen LogP contribution is -2.45. The number of rotatable bonds is 7. The van der Waals surface area contributed by atoms with E-state index in [0.717, 1.165) is 30.8 Å². The van der Waals surface area contributed by atoms with E-state index in [9.17, 15) is 18.4 Å². The number of nitrogens with zero attached hydrogens (tertiary/aromatic N) is 3. The molecule has 1 unspecified atom stereocenters. The number of hydrogen-bond donors (Lipinski definition) is 1. The number of hydrogen-bond acceptors (Lipinski definition) is 6. The van der Waals surface area contributed by atoms with Crippen LogP contribution < -0.4 is 15.0 Å². The molecular weight excluding hydrogens is 482 g/mol. The highest BCUT2D eigenvalue weighted by Crippen LogP contribution is 2.32. The number of nitrogens with one attached hydrogen (secondary N) is 1. The monoisotopic (exact) mass is 520 g/mol. The van der Waals surface area contributed by atoms with Gasteiger partial charge >= 0.3 is 12.6 Å². The predicted octanol–water partition coefficient (Wildman–Crippen LogP) is 5.82. The summed E-state index contributed by atoms with van der Waals surface area (Å²) in [5.41, 5.74) is 2.18. The minimum absolute atomic E-state index is 0.0345. The van der Waals surface area contributed by atoms with E-state index in [2.05, 4.69) is 38.5 Å². The third-order valence-corrected chi connectivity index (χ3v) is 5.61. The normalized spacial score (nSPS) is 15.7. The molecule has 1 fully saturated rings. The number of carbonyl (C=O) groups excluding carboxylic acids is 2. The van der Waals surface area contributed by atoms with Crippen LogP contribution in [-0.2, 0) is 9.53 Å². The number of aromatic nitrogens is 1. The number of pyridine rings is 1. The van der Waals surface area contributed by atoms with E-state index in [1.165, 1.54) is 6.07 Å². The van der Waals surface area contributed by atoms with Gasteiger partial charge in [0.25, 0.3) is 6.47 Å². The van der Waals surface area contributed by atoms with Gasteiger partial charge in [-0.1, -0.05) is 32.0 Å². The Labute approximate surface area is 217 Å². The molecule has 2 amide bonds. The molecule has 8 nitrogen and oxygen atoms in total. The standard InChI is InChI=1S/C22H28F2N4O2.C5H10O2/c1-14(2)17-7-5-6-8-19(17)28(16-11-12-27(4)13-16)22(29)26-18-10-9-15(3)25-20(18)30-21(23)24;1-5(2,3)7-4-6/h5-10,14,16,21H,11-13H2,1-4H3,(H,26,29);4H,1-3H3. The number of para-hydroxylation sites is 1. The topological polar surface area (TPSA) is 84.0 Å². The molecule has 0 radical (unpaired) electrons. The first-order valence-electron chi connectivity index (χ1n) is 12.2. The molecule has 1 aliphatic heterocycles. The molecule has 204 valence electrons. The average molecular weight is 521 g/mol. The zero-order valence-electron chi connectivity index (χ0n) is 22.6. The highest BCUT2D eigenvalue weighted by molar-refractivity contribution is 6.03. The maximum atomic E-state index is 13.4. The minimum atomic E-state index is -3.03. The number of ether oxygens (including phenoxy) is 2. The van der Waals surface area contributed by atoms with Crippen molar-refractivity contribution in [2.24, 2.45) is 0 Å². The van der Waals surface area contributed by atoms with Gasteiger partial charge in [-0.05, 0) is 77.4 Å². The molecule has 3 rings (SSSR count). The number of urea groups is 1. The fraction of sp³-hybridized carbons (Fsp3) is 0.519. The molecule has 1 aliphatic rings. The molecule has 0 aliphatic carbocycles. The number of alkyl halides is 2. The van der Waals surface area contributed by atoms with Gasteiger partial charge in [0.2, 0.25) is 5.88 Å². The van der Waals surface area contributed by atoms with E-state index in [1.807, 2.05) is 52.1 Å². The lowest BCUT2D eigenvalue weighted by molar-refractivity contribution is -0.138. The highest BCUT2D eigenvalue weighted by atomic mass is 19.3. The van der Waals surface area contributed by atoms with Crippen molar-refractivity contribution in [3.8, 4) is 5.88 Å². The Kier molecular flexibility index (Phi) is 10.8. The van der Waals surface area contributed by atoms with Crippen LogP contribution in [0.4, 0.5) is 25.0 Å². The zero-order valence-corrected chi connectivity index (χ0v) is 22.6. The summed E-state index contributed by atoms with van der Waals surface area (Å²) in [7, 11) is 2.02. The SMILES string of the molecule is CC(C)(C)OC=O.Cc1ccc(NC(=O)N(c2ccccc2C(C)C)C2CCN(C)C2)c(OC(F)F)n1. The van der Waals surface area contributed by atoms with Crippen LogP contribution in [0.5, 0.6) is 5.88 Å². The number of halogens is 2. The van der Waals surface area contributed by atoms with E-state index in [-0.39, 0.29) is 29.1 Å². The second-order valence-corrected chi connectivity index (χ2v) is 10.2. The third kappa shape index (κ3) is 9.27. The molecule has 1 N–H and O–H groups in total. The fourth-order valence-electron chi connectivity index (χ4n) is 3.91. The first kappa shape index (κ1) is 30.0. The summed E-state index contributed by atoms with van der Waals surface area (Å²) in [5.74, 6) is -0.0756. The van der Waals surface area contributed by atoms with Gasteiger partial charge in [0.15, 0.2) is 0 Å². The summed E-state index contributed by atoms with van der Waals surface area (Å²) in [6.45, 7) is 10.3. The molecule has 1 saturated heterocycles. The van der Waals surface area contributed by atoms with E-state index in [0.29, 0.717) is 12.2 Å². The number of amides is 2. The first-order valence-corrected chi connectivity index (χ1v) is 12.2. The van der Waals surface area contributed by atoms with Gasteiger partial charge in [0, 0.05) is 17.9 Å². The zero-order chi connectivity index (χ0) is 27.8. The van der Waals surface area contributed by atoms with Crippen LogP contribution in [0.3, 0.4) is 0 Å². The minimum Gasteiger partial charge on any atom is -0.462 e. The second kappa shape index (κ2) is 13.3. The van der Waals surface area contributed by atoms with Crippen molar-refractivity contribution < 1.29 is 27.8 Å². The molecule has 1 atom stereocenters. The summed E-state index contributed by atoms with van der Waals surface area (Å²) in [6, 6.07) is 10.5. The molecule has 0 bridgehead atoms. The fourth-order valence-corrected chi connectivity index (χ4v) is 3.91. The Bertz CT molecular complexity index is 1040. The predicted molar refractivity (Wildman–Crippen MR) is 140 cm³/mol. The van der Waals surface area contributed by atoms with Gasteiger partial charge in [-0.25, -0.2) is 9.78 Å². The number of aryl methyl sites for hydroxylation is 1. The van der Waals surface area contributed by atoms with Crippen LogP contribution in [0, 0.1) is 6.92 Å². The molecule has 2 heterocycles. The quantitative estimate of drug-likeness (QED) is 0.464. The van der Waals surface area contributed by atoms with Gasteiger partial charge in [-0.3, -0.25) is 9.69 Å². The van der Waals surface area contributed by atoms with Crippen molar-refractivity contribution in [2.45, 2.75) is 72.1 Å². The maximum absolute atomic E-state index is 13.4. The number of carbonyl (C=O) groups is 2. The summed E-state index contributed by atoms with van der Waals surface area (Å²) in [5, 5.41) is 2.75.